The van der Waals surface area contributed by atoms with Crippen LogP contribution >= 0.6 is 0 Å². The zero-order valence-electron chi connectivity index (χ0n) is 2.04. The van der Waals surface area contributed by atoms with Crippen LogP contribution < -0.4 is 64.9 Å². The Morgan fingerprint density at radius 3 is 0.500 bits per heavy atom. The minimum absolute atomic E-state index is 0. The summed E-state index contributed by atoms with van der Waals surface area (Å²) in [5.41, 5.74) is 0. The minimum atomic E-state index is 0. The second-order valence-electron chi connectivity index (χ2n) is 0. The standard InChI is InChI=1S/3Ag.BrH.2HI/h;;;3*1H/q3*+1;;;/p-3. The van der Waals surface area contributed by atoms with Gasteiger partial charge in [0.05, 0.1) is 0 Å². The maximum Gasteiger partial charge on any atom is 1.00 e. The fraction of sp³-hybridized carbons (Fsp3) is 0. The molecule has 0 amide bonds. The van der Waals surface area contributed by atoms with Gasteiger partial charge in [-0.1, -0.05) is 0 Å². The Labute approximate surface area is 129 Å². The maximum atomic E-state index is 0. The Bertz CT molecular complexity index is 8.75. The molecule has 0 atom stereocenters. The predicted octanol–water partition coefficient (Wildman–Crippen LogP) is -9.00. The van der Waals surface area contributed by atoms with Gasteiger partial charge in [-0.2, -0.15) is 0 Å². The summed E-state index contributed by atoms with van der Waals surface area (Å²) < 4.78 is 0. The van der Waals surface area contributed by atoms with E-state index >= 15 is 0 Å². The Balaban J connectivity index is 0. The molecule has 6 heteroatoms. The molecule has 0 aromatic rings. The van der Waals surface area contributed by atoms with Crippen molar-refractivity contribution in [3.05, 3.63) is 0 Å². The van der Waals surface area contributed by atoms with Crippen molar-refractivity contribution in [3.8, 4) is 0 Å². The summed E-state index contributed by atoms with van der Waals surface area (Å²) in [5, 5.41) is 0. The maximum absolute atomic E-state index is 0. The van der Waals surface area contributed by atoms with E-state index in [1.807, 2.05) is 0 Å². The molecule has 0 radical (unpaired) electrons. The first kappa shape index (κ1) is 49.3. The average molecular weight is 657 g/mol. The smallest absolute Gasteiger partial charge is 1.00 e. The zero-order chi connectivity index (χ0) is 0. The summed E-state index contributed by atoms with van der Waals surface area (Å²) >= 11 is 0. The first-order valence-corrected chi connectivity index (χ1v) is 0. The molecule has 0 fully saturated rings. The average Bonchev–Trinajstić information content (AvgIpc) is 0. The first-order valence-electron chi connectivity index (χ1n) is 0. The molecule has 0 aliphatic heterocycles. The molecular formula is Ag3BrI2. The van der Waals surface area contributed by atoms with Crippen LogP contribution in [0.3, 0.4) is 0 Å². The summed E-state index contributed by atoms with van der Waals surface area (Å²) in [7, 11) is 0. The van der Waals surface area contributed by atoms with Gasteiger partial charge < -0.3 is 64.9 Å². The van der Waals surface area contributed by atoms with Crippen LogP contribution in [0, 0.1) is 0 Å². The van der Waals surface area contributed by atoms with Crippen molar-refractivity contribution in [2.24, 2.45) is 0 Å². The van der Waals surface area contributed by atoms with Crippen molar-refractivity contribution in [3.63, 3.8) is 0 Å². The van der Waals surface area contributed by atoms with Crippen LogP contribution in [0.15, 0.2) is 0 Å². The van der Waals surface area contributed by atoms with Crippen LogP contribution in [0.4, 0.5) is 0 Å². The van der Waals surface area contributed by atoms with E-state index < -0.39 is 0 Å². The van der Waals surface area contributed by atoms with Crippen molar-refractivity contribution in [1.82, 2.24) is 0 Å². The van der Waals surface area contributed by atoms with Crippen molar-refractivity contribution < 1.29 is 132 Å². The number of halogens is 3. The molecule has 0 aromatic heterocycles. The van der Waals surface area contributed by atoms with Gasteiger partial charge in [0.15, 0.2) is 0 Å². The molecule has 0 aliphatic rings. The van der Waals surface area contributed by atoms with Gasteiger partial charge in [0.1, 0.15) is 0 Å². The van der Waals surface area contributed by atoms with Crippen LogP contribution in [0.25, 0.3) is 0 Å². The van der Waals surface area contributed by atoms with E-state index in [0.717, 1.165) is 0 Å². The van der Waals surface area contributed by atoms with E-state index in [1.165, 1.54) is 0 Å². The summed E-state index contributed by atoms with van der Waals surface area (Å²) in [5.74, 6) is 0. The van der Waals surface area contributed by atoms with Crippen molar-refractivity contribution in [1.29, 1.82) is 0 Å². The normalized spacial score (nSPS) is 0. The van der Waals surface area contributed by atoms with Crippen LogP contribution in [-0.4, -0.2) is 0 Å². The molecule has 0 aromatic carbocycles. The minimum Gasteiger partial charge on any atom is -1.00 e. The van der Waals surface area contributed by atoms with Crippen molar-refractivity contribution >= 4 is 0 Å². The van der Waals surface area contributed by atoms with E-state index in [-0.39, 0.29) is 132 Å². The monoisotopic (exact) mass is 653 g/mol. The third-order valence-corrected chi connectivity index (χ3v) is 0. The second-order valence-corrected chi connectivity index (χ2v) is 0. The third kappa shape index (κ3) is 24.2. The quantitative estimate of drug-likeness (QED) is 0.180. The molecule has 0 aliphatic carbocycles. The van der Waals surface area contributed by atoms with Gasteiger partial charge in [-0.05, 0) is 0 Å². The summed E-state index contributed by atoms with van der Waals surface area (Å²) in [6, 6.07) is 0. The first-order chi connectivity index (χ1) is 0. The fourth-order valence-corrected chi connectivity index (χ4v) is 0. The van der Waals surface area contributed by atoms with Gasteiger partial charge in [0.25, 0.3) is 0 Å². The molecule has 54 valence electrons. The molecule has 0 spiro atoms. The number of hydrogen-bond donors (Lipinski definition) is 0. The Morgan fingerprint density at radius 1 is 0.500 bits per heavy atom. The van der Waals surface area contributed by atoms with E-state index in [9.17, 15) is 0 Å². The fourth-order valence-electron chi connectivity index (χ4n) is 0. The van der Waals surface area contributed by atoms with Gasteiger partial charge in [0.2, 0.25) is 0 Å². The van der Waals surface area contributed by atoms with Crippen LogP contribution in [0.5, 0.6) is 0 Å². The largest absolute Gasteiger partial charge is 1.00 e. The van der Waals surface area contributed by atoms with Crippen LogP contribution in [-0.2, 0) is 67.1 Å². The molecule has 0 saturated heterocycles. The van der Waals surface area contributed by atoms with Crippen molar-refractivity contribution in [2.75, 3.05) is 0 Å². The molecule has 0 rings (SSSR count). The predicted molar refractivity (Wildman–Crippen MR) is 0 cm³/mol. The van der Waals surface area contributed by atoms with Gasteiger partial charge >= 0.3 is 67.1 Å². The zero-order valence-corrected chi connectivity index (χ0v) is 12.4. The topological polar surface area (TPSA) is 0 Å². The van der Waals surface area contributed by atoms with Gasteiger partial charge in [-0.25, -0.2) is 0 Å². The molecule has 0 unspecified atom stereocenters. The third-order valence-electron chi connectivity index (χ3n) is 0. The van der Waals surface area contributed by atoms with E-state index in [4.69, 9.17) is 0 Å². The Hall–Kier alpha value is 4.16. The second kappa shape index (κ2) is 35.2. The van der Waals surface area contributed by atoms with E-state index in [0.29, 0.717) is 0 Å². The SMILES string of the molecule is [Ag+].[Ag+].[Ag+].[Br-].[I-].[I-]. The van der Waals surface area contributed by atoms with Crippen LogP contribution in [0.2, 0.25) is 0 Å². The molecule has 0 N–H and O–H groups in total. The van der Waals surface area contributed by atoms with E-state index in [1.54, 1.807) is 0 Å². The Kier molecular flexibility index (Phi) is 289. The molecule has 0 heterocycles. The van der Waals surface area contributed by atoms with Gasteiger partial charge in [-0.15, -0.1) is 0 Å². The summed E-state index contributed by atoms with van der Waals surface area (Å²) in [4.78, 5) is 0. The van der Waals surface area contributed by atoms with E-state index in [2.05, 4.69) is 0 Å². The summed E-state index contributed by atoms with van der Waals surface area (Å²) in [6.45, 7) is 0. The molecule has 6 heavy (non-hydrogen) atoms. The number of hydrogen-bond acceptors (Lipinski definition) is 0. The molecule has 0 bridgehead atoms. The van der Waals surface area contributed by atoms with Crippen molar-refractivity contribution in [2.45, 2.75) is 0 Å². The molecule has 0 nitrogen and oxygen atoms in total. The van der Waals surface area contributed by atoms with Crippen LogP contribution in [0.1, 0.15) is 0 Å². The van der Waals surface area contributed by atoms with Gasteiger partial charge in [-0.3, -0.25) is 0 Å². The molecular weight excluding hydrogens is 657 g/mol. The summed E-state index contributed by atoms with van der Waals surface area (Å²) in [6.07, 6.45) is 0. The number of rotatable bonds is 0. The molecule has 0 saturated carbocycles. The van der Waals surface area contributed by atoms with Gasteiger partial charge in [0, 0.05) is 0 Å². The Morgan fingerprint density at radius 2 is 0.500 bits per heavy atom.